The number of hydrogen-bond donors (Lipinski definition) is 4. The number of rotatable bonds is 3. The number of nitrogens with one attached hydrogen (secondary N) is 2. The lowest BCUT2D eigenvalue weighted by molar-refractivity contribution is 0.0955. The maximum absolute atomic E-state index is 12.0. The van der Waals surface area contributed by atoms with Crippen molar-refractivity contribution in [3.05, 3.63) is 53.9 Å². The first-order chi connectivity index (χ1) is 10.6. The Kier molecular flexibility index (Phi) is 3.45. The molecule has 4 N–H and O–H groups in total. The van der Waals surface area contributed by atoms with Gasteiger partial charge in [0, 0.05) is 17.2 Å². The first kappa shape index (κ1) is 13.6. The van der Waals surface area contributed by atoms with Crippen molar-refractivity contribution in [1.29, 1.82) is 0 Å². The second kappa shape index (κ2) is 5.57. The van der Waals surface area contributed by atoms with Gasteiger partial charge in [0.05, 0.1) is 23.6 Å². The molecule has 0 spiro atoms. The van der Waals surface area contributed by atoms with Gasteiger partial charge in [0.25, 0.3) is 5.91 Å². The lowest BCUT2D eigenvalue weighted by Crippen LogP contribution is -2.17. The van der Waals surface area contributed by atoms with Gasteiger partial charge in [-0.3, -0.25) is 4.79 Å². The molecule has 0 aliphatic rings. The monoisotopic (exact) mass is 296 g/mol. The van der Waals surface area contributed by atoms with E-state index in [-0.39, 0.29) is 17.4 Å². The van der Waals surface area contributed by atoms with E-state index < -0.39 is 0 Å². The molecule has 7 heteroatoms. The number of H-pyrrole nitrogens is 1. The number of nitrogens with zero attached hydrogens (tertiary/aromatic N) is 2. The Hall–Kier alpha value is -3.35. The fourth-order valence-electron chi connectivity index (χ4n) is 1.94. The van der Waals surface area contributed by atoms with Crippen LogP contribution in [0.2, 0.25) is 0 Å². The normalized spacial score (nSPS) is 11.1. The van der Waals surface area contributed by atoms with Crippen molar-refractivity contribution in [2.45, 2.75) is 0 Å². The highest BCUT2D eigenvalue weighted by Gasteiger charge is 2.06. The average molecular weight is 296 g/mol. The number of hydrogen-bond acceptors (Lipinski definition) is 5. The molecule has 1 amide bonds. The molecular weight excluding hydrogens is 284 g/mol. The molecule has 0 aliphatic carbocycles. The van der Waals surface area contributed by atoms with Crippen LogP contribution in [-0.2, 0) is 0 Å². The van der Waals surface area contributed by atoms with Crippen LogP contribution in [0, 0.1) is 0 Å². The van der Waals surface area contributed by atoms with Crippen molar-refractivity contribution in [3.8, 4) is 11.5 Å². The third-order valence-corrected chi connectivity index (χ3v) is 3.07. The second-order valence-electron chi connectivity index (χ2n) is 4.58. The molecule has 1 aromatic heterocycles. The highest BCUT2D eigenvalue weighted by Crippen LogP contribution is 2.20. The highest BCUT2D eigenvalue weighted by atomic mass is 16.3. The summed E-state index contributed by atoms with van der Waals surface area (Å²) in [5.74, 6) is -0.561. The quantitative estimate of drug-likeness (QED) is 0.436. The summed E-state index contributed by atoms with van der Waals surface area (Å²) in [7, 11) is 0. The van der Waals surface area contributed by atoms with Gasteiger partial charge in [0.15, 0.2) is 0 Å². The van der Waals surface area contributed by atoms with E-state index in [1.165, 1.54) is 24.4 Å². The van der Waals surface area contributed by atoms with Gasteiger partial charge in [-0.15, -0.1) is 0 Å². The number of carbonyl (C=O) groups is 1. The van der Waals surface area contributed by atoms with E-state index >= 15 is 0 Å². The smallest absolute Gasteiger partial charge is 0.271 e. The van der Waals surface area contributed by atoms with Crippen LogP contribution in [0.25, 0.3) is 11.0 Å². The predicted molar refractivity (Wildman–Crippen MR) is 80.9 cm³/mol. The van der Waals surface area contributed by atoms with Gasteiger partial charge in [-0.2, -0.15) is 5.10 Å². The Morgan fingerprint density at radius 2 is 2.09 bits per heavy atom. The van der Waals surface area contributed by atoms with Crippen LogP contribution in [0.1, 0.15) is 15.9 Å². The molecule has 0 saturated heterocycles. The maximum atomic E-state index is 12.0. The van der Waals surface area contributed by atoms with Gasteiger partial charge in [0.1, 0.15) is 11.5 Å². The van der Waals surface area contributed by atoms with E-state index in [9.17, 15) is 15.0 Å². The maximum Gasteiger partial charge on any atom is 0.271 e. The molecule has 7 nitrogen and oxygen atoms in total. The zero-order valence-electron chi connectivity index (χ0n) is 11.3. The molecule has 0 bridgehead atoms. The van der Waals surface area contributed by atoms with Crippen LogP contribution < -0.4 is 5.43 Å². The number of benzene rings is 2. The number of phenolic OH excluding ortho intramolecular Hbond substituents is 2. The van der Waals surface area contributed by atoms with Gasteiger partial charge in [-0.1, -0.05) is 0 Å². The van der Waals surface area contributed by atoms with Gasteiger partial charge < -0.3 is 15.2 Å². The average Bonchev–Trinajstić information content (AvgIpc) is 2.96. The standard InChI is InChI=1S/C15H12N4O3/c20-11-3-1-10(14(21)6-11)7-18-19-15(22)9-2-4-12-13(5-9)17-8-16-12/h1-8,20-21H,(H,16,17)(H,19,22)/b18-7-. The highest BCUT2D eigenvalue weighted by molar-refractivity contribution is 5.97. The van der Waals surface area contributed by atoms with Gasteiger partial charge in [-0.05, 0) is 30.3 Å². The molecule has 0 atom stereocenters. The van der Waals surface area contributed by atoms with Crippen molar-refractivity contribution in [2.75, 3.05) is 0 Å². The summed E-state index contributed by atoms with van der Waals surface area (Å²) >= 11 is 0. The molecule has 22 heavy (non-hydrogen) atoms. The first-order valence-corrected chi connectivity index (χ1v) is 6.42. The first-order valence-electron chi connectivity index (χ1n) is 6.42. The number of phenols is 2. The van der Waals surface area contributed by atoms with Crippen LogP contribution in [0.5, 0.6) is 11.5 Å². The van der Waals surface area contributed by atoms with Gasteiger partial charge >= 0.3 is 0 Å². The Balaban J connectivity index is 1.72. The molecule has 3 aromatic rings. The summed E-state index contributed by atoms with van der Waals surface area (Å²) in [5, 5.41) is 22.6. The van der Waals surface area contributed by atoms with E-state index in [1.807, 2.05) is 0 Å². The van der Waals surface area contributed by atoms with Crippen LogP contribution in [0.4, 0.5) is 0 Å². The van der Waals surface area contributed by atoms with E-state index in [2.05, 4.69) is 20.5 Å². The van der Waals surface area contributed by atoms with Crippen LogP contribution in [-0.4, -0.2) is 32.3 Å². The molecule has 0 fully saturated rings. The number of aromatic amines is 1. The molecule has 3 rings (SSSR count). The minimum atomic E-state index is -0.383. The fourth-order valence-corrected chi connectivity index (χ4v) is 1.94. The summed E-state index contributed by atoms with van der Waals surface area (Å²) in [6.45, 7) is 0. The van der Waals surface area contributed by atoms with Crippen molar-refractivity contribution >= 4 is 23.2 Å². The summed E-state index contributed by atoms with van der Waals surface area (Å²) in [6.07, 6.45) is 2.85. The number of imidazole rings is 1. The number of fused-ring (bicyclic) bond motifs is 1. The van der Waals surface area contributed by atoms with Crippen LogP contribution >= 0.6 is 0 Å². The lowest BCUT2D eigenvalue weighted by atomic mass is 10.2. The van der Waals surface area contributed by atoms with E-state index in [0.717, 1.165) is 11.0 Å². The number of carbonyl (C=O) groups excluding carboxylic acids is 1. The minimum Gasteiger partial charge on any atom is -0.508 e. The number of hydrazone groups is 1. The van der Waals surface area contributed by atoms with E-state index in [0.29, 0.717) is 11.1 Å². The van der Waals surface area contributed by atoms with E-state index in [1.54, 1.807) is 24.5 Å². The second-order valence-corrected chi connectivity index (χ2v) is 4.58. The van der Waals surface area contributed by atoms with Crippen molar-refractivity contribution in [1.82, 2.24) is 15.4 Å². The lowest BCUT2D eigenvalue weighted by Gasteiger charge is -2.01. The summed E-state index contributed by atoms with van der Waals surface area (Å²) in [6, 6.07) is 9.13. The zero-order chi connectivity index (χ0) is 15.5. The number of amides is 1. The summed E-state index contributed by atoms with van der Waals surface area (Å²) < 4.78 is 0. The predicted octanol–water partition coefficient (Wildman–Crippen LogP) is 1.74. The summed E-state index contributed by atoms with van der Waals surface area (Å²) in [5.41, 5.74) is 4.71. The molecule has 0 radical (unpaired) electrons. The molecule has 0 aliphatic heterocycles. The van der Waals surface area contributed by atoms with Crippen LogP contribution in [0.3, 0.4) is 0 Å². The Labute approximate surface area is 124 Å². The molecule has 2 aromatic carbocycles. The number of aromatic hydroxyl groups is 2. The molecule has 0 saturated carbocycles. The van der Waals surface area contributed by atoms with Crippen LogP contribution in [0.15, 0.2) is 47.8 Å². The molecule has 110 valence electrons. The largest absolute Gasteiger partial charge is 0.508 e. The van der Waals surface area contributed by atoms with Crippen molar-refractivity contribution in [2.24, 2.45) is 5.10 Å². The topological polar surface area (TPSA) is 111 Å². The summed E-state index contributed by atoms with van der Waals surface area (Å²) in [4.78, 5) is 19.0. The molecule has 0 unspecified atom stereocenters. The van der Waals surface area contributed by atoms with E-state index in [4.69, 9.17) is 0 Å². The number of aromatic nitrogens is 2. The SMILES string of the molecule is O=C(N/N=C\c1ccc(O)cc1O)c1ccc2nc[nH]c2c1. The third kappa shape index (κ3) is 2.73. The van der Waals surface area contributed by atoms with Gasteiger partial charge in [0.2, 0.25) is 0 Å². The molecular formula is C15H12N4O3. The molecule has 1 heterocycles. The fraction of sp³-hybridized carbons (Fsp3) is 0. The van der Waals surface area contributed by atoms with Crippen molar-refractivity contribution < 1.29 is 15.0 Å². The Morgan fingerprint density at radius 1 is 1.23 bits per heavy atom. The Morgan fingerprint density at radius 3 is 2.91 bits per heavy atom. The minimum absolute atomic E-state index is 0.0495. The zero-order valence-corrected chi connectivity index (χ0v) is 11.3. The Bertz CT molecular complexity index is 870. The third-order valence-electron chi connectivity index (χ3n) is 3.07. The van der Waals surface area contributed by atoms with Crippen molar-refractivity contribution in [3.63, 3.8) is 0 Å². The van der Waals surface area contributed by atoms with Gasteiger partial charge in [-0.25, -0.2) is 10.4 Å².